The molecular weight excluding hydrogens is 412 g/mol. The van der Waals surface area contributed by atoms with E-state index >= 15 is 0 Å². The molecule has 33 heavy (non-hydrogen) atoms. The molecule has 1 N–H and O–H groups in total. The van der Waals surface area contributed by atoms with Gasteiger partial charge in [0, 0.05) is 48.5 Å². The largest absolute Gasteiger partial charge is 0.358 e. The molecule has 2 heterocycles. The molecule has 0 bridgehead atoms. The lowest BCUT2D eigenvalue weighted by molar-refractivity contribution is -0.115. The van der Waals surface area contributed by atoms with Crippen LogP contribution in [0.2, 0.25) is 0 Å². The van der Waals surface area contributed by atoms with Gasteiger partial charge in [0.25, 0.3) is 5.91 Å². The molecule has 6 nitrogen and oxygen atoms in total. The third-order valence-electron chi connectivity index (χ3n) is 6.03. The van der Waals surface area contributed by atoms with Crippen molar-refractivity contribution in [2.75, 3.05) is 23.3 Å². The fraction of sp³-hybridized carbons (Fsp3) is 0.296. The minimum atomic E-state index is -0.119. The summed E-state index contributed by atoms with van der Waals surface area (Å²) in [5.41, 5.74) is 3.33. The average Bonchev–Trinajstić information content (AvgIpc) is 2.85. The number of anilines is 2. The molecule has 1 aromatic heterocycles. The van der Waals surface area contributed by atoms with Gasteiger partial charge >= 0.3 is 0 Å². The normalized spacial score (nSPS) is 15.7. The number of likely N-dealkylation sites (tertiary alicyclic amines) is 1. The van der Waals surface area contributed by atoms with E-state index in [-0.39, 0.29) is 24.4 Å². The molecule has 1 atom stereocenters. The molecule has 2 aromatic carbocycles. The van der Waals surface area contributed by atoms with Crippen LogP contribution in [0, 0.1) is 0 Å². The van der Waals surface area contributed by atoms with Crippen molar-refractivity contribution in [2.45, 2.75) is 38.8 Å². The zero-order valence-electron chi connectivity index (χ0n) is 19.0. The predicted molar refractivity (Wildman–Crippen MR) is 131 cm³/mol. The van der Waals surface area contributed by atoms with E-state index in [1.165, 1.54) is 6.42 Å². The van der Waals surface area contributed by atoms with Crippen LogP contribution < -0.4 is 10.2 Å². The standard InChI is InChI=1S/C27H30N4O2/c1-21-8-5-6-17-31(21)27(33)23-12-14-24(15-13-23)29-26(32)20-30(25-10-3-2-4-11-25)19-22-9-7-16-28-18-22/h2-4,7,9-16,18,21H,5-6,8,17,19-20H2,1H3,(H,29,32). The van der Waals surface area contributed by atoms with Gasteiger partial charge in [0.15, 0.2) is 0 Å². The molecule has 170 valence electrons. The summed E-state index contributed by atoms with van der Waals surface area (Å²) in [7, 11) is 0. The molecular formula is C27H30N4O2. The van der Waals surface area contributed by atoms with Gasteiger partial charge < -0.3 is 15.1 Å². The number of hydrogen-bond donors (Lipinski definition) is 1. The number of hydrogen-bond acceptors (Lipinski definition) is 4. The zero-order chi connectivity index (χ0) is 23.0. The van der Waals surface area contributed by atoms with Gasteiger partial charge in [-0.15, -0.1) is 0 Å². The Morgan fingerprint density at radius 3 is 2.52 bits per heavy atom. The van der Waals surface area contributed by atoms with Gasteiger partial charge in [-0.05, 0) is 74.2 Å². The van der Waals surface area contributed by atoms with Crippen LogP contribution in [0.1, 0.15) is 42.1 Å². The number of nitrogens with one attached hydrogen (secondary N) is 1. The second-order valence-corrected chi connectivity index (χ2v) is 8.52. The maximum Gasteiger partial charge on any atom is 0.254 e. The molecule has 1 fully saturated rings. The van der Waals surface area contributed by atoms with Crippen molar-refractivity contribution in [2.24, 2.45) is 0 Å². The summed E-state index contributed by atoms with van der Waals surface area (Å²) >= 11 is 0. The highest BCUT2D eigenvalue weighted by atomic mass is 16.2. The Bertz CT molecular complexity index is 1050. The maximum absolute atomic E-state index is 12.9. The predicted octanol–water partition coefficient (Wildman–Crippen LogP) is 4.74. The minimum Gasteiger partial charge on any atom is -0.358 e. The van der Waals surface area contributed by atoms with Gasteiger partial charge in [-0.1, -0.05) is 24.3 Å². The summed E-state index contributed by atoms with van der Waals surface area (Å²) in [6.45, 7) is 3.69. The third-order valence-corrected chi connectivity index (χ3v) is 6.03. The van der Waals surface area contributed by atoms with Crippen molar-refractivity contribution >= 4 is 23.2 Å². The van der Waals surface area contributed by atoms with Crippen LogP contribution >= 0.6 is 0 Å². The first-order chi connectivity index (χ1) is 16.1. The highest BCUT2D eigenvalue weighted by molar-refractivity contribution is 5.97. The molecule has 1 saturated heterocycles. The molecule has 2 amide bonds. The van der Waals surface area contributed by atoms with Gasteiger partial charge in [-0.2, -0.15) is 0 Å². The molecule has 0 radical (unpaired) electrons. The van der Waals surface area contributed by atoms with E-state index in [0.29, 0.717) is 17.8 Å². The second kappa shape index (κ2) is 10.8. The van der Waals surface area contributed by atoms with Gasteiger partial charge in [-0.3, -0.25) is 14.6 Å². The summed E-state index contributed by atoms with van der Waals surface area (Å²) in [5.74, 6) is -0.0572. The van der Waals surface area contributed by atoms with Crippen molar-refractivity contribution in [1.29, 1.82) is 0 Å². The Morgan fingerprint density at radius 2 is 1.82 bits per heavy atom. The molecule has 1 unspecified atom stereocenters. The summed E-state index contributed by atoms with van der Waals surface area (Å²) in [4.78, 5) is 33.8. The van der Waals surface area contributed by atoms with E-state index in [2.05, 4.69) is 17.2 Å². The lowest BCUT2D eigenvalue weighted by Gasteiger charge is -2.33. The van der Waals surface area contributed by atoms with Crippen LogP contribution in [0.15, 0.2) is 79.1 Å². The number of benzene rings is 2. The number of piperidine rings is 1. The van der Waals surface area contributed by atoms with E-state index < -0.39 is 0 Å². The number of aromatic nitrogens is 1. The first-order valence-corrected chi connectivity index (χ1v) is 11.5. The Kier molecular flexibility index (Phi) is 7.35. The van der Waals surface area contributed by atoms with E-state index in [9.17, 15) is 9.59 Å². The number of amides is 2. The number of pyridine rings is 1. The minimum absolute atomic E-state index is 0.0619. The highest BCUT2D eigenvalue weighted by Crippen LogP contribution is 2.21. The quantitative estimate of drug-likeness (QED) is 0.574. The zero-order valence-corrected chi connectivity index (χ0v) is 19.0. The Hall–Kier alpha value is -3.67. The van der Waals surface area contributed by atoms with E-state index in [4.69, 9.17) is 0 Å². The van der Waals surface area contributed by atoms with E-state index in [1.54, 1.807) is 30.5 Å². The molecule has 4 rings (SSSR count). The van der Waals surface area contributed by atoms with Crippen LogP contribution in [0.3, 0.4) is 0 Å². The van der Waals surface area contributed by atoms with Crippen molar-refractivity contribution in [3.8, 4) is 0 Å². The lowest BCUT2D eigenvalue weighted by atomic mass is 10.0. The molecule has 6 heteroatoms. The Balaban J connectivity index is 1.40. The van der Waals surface area contributed by atoms with Gasteiger partial charge in [0.05, 0.1) is 6.54 Å². The van der Waals surface area contributed by atoms with Crippen molar-refractivity contribution in [3.05, 3.63) is 90.3 Å². The molecule has 1 aliphatic heterocycles. The summed E-state index contributed by atoms with van der Waals surface area (Å²) in [5, 5.41) is 2.96. The topological polar surface area (TPSA) is 65.5 Å². The molecule has 0 spiro atoms. The van der Waals surface area contributed by atoms with Crippen LogP contribution in [-0.4, -0.2) is 40.8 Å². The smallest absolute Gasteiger partial charge is 0.254 e. The van der Waals surface area contributed by atoms with Crippen LogP contribution in [0.25, 0.3) is 0 Å². The first kappa shape index (κ1) is 22.5. The molecule has 0 saturated carbocycles. The van der Waals surface area contributed by atoms with Crippen LogP contribution in [0.5, 0.6) is 0 Å². The SMILES string of the molecule is CC1CCCCN1C(=O)c1ccc(NC(=O)CN(Cc2cccnc2)c2ccccc2)cc1. The van der Waals surface area contributed by atoms with Crippen molar-refractivity contribution < 1.29 is 9.59 Å². The monoisotopic (exact) mass is 442 g/mol. The second-order valence-electron chi connectivity index (χ2n) is 8.52. The number of rotatable bonds is 7. The fourth-order valence-corrected chi connectivity index (χ4v) is 4.22. The number of para-hydroxylation sites is 1. The van der Waals surface area contributed by atoms with Crippen molar-refractivity contribution in [1.82, 2.24) is 9.88 Å². The van der Waals surface area contributed by atoms with E-state index in [1.807, 2.05) is 58.5 Å². The Morgan fingerprint density at radius 1 is 1.03 bits per heavy atom. The maximum atomic E-state index is 12.9. The number of carbonyl (C=O) groups is 2. The fourth-order valence-electron chi connectivity index (χ4n) is 4.22. The number of carbonyl (C=O) groups excluding carboxylic acids is 2. The van der Waals surface area contributed by atoms with Crippen LogP contribution in [-0.2, 0) is 11.3 Å². The average molecular weight is 443 g/mol. The third kappa shape index (κ3) is 5.98. The van der Waals surface area contributed by atoms with Gasteiger partial charge in [0.2, 0.25) is 5.91 Å². The number of nitrogens with zero attached hydrogens (tertiary/aromatic N) is 3. The molecule has 1 aliphatic rings. The van der Waals surface area contributed by atoms with Crippen LogP contribution in [0.4, 0.5) is 11.4 Å². The van der Waals surface area contributed by atoms with Gasteiger partial charge in [0.1, 0.15) is 0 Å². The summed E-state index contributed by atoms with van der Waals surface area (Å²) in [6, 6.07) is 21.2. The summed E-state index contributed by atoms with van der Waals surface area (Å²) < 4.78 is 0. The Labute approximate surface area is 195 Å². The van der Waals surface area contributed by atoms with Crippen molar-refractivity contribution in [3.63, 3.8) is 0 Å². The molecule has 3 aromatic rings. The lowest BCUT2D eigenvalue weighted by Crippen LogP contribution is -2.42. The molecule has 0 aliphatic carbocycles. The first-order valence-electron chi connectivity index (χ1n) is 11.5. The summed E-state index contributed by atoms with van der Waals surface area (Å²) in [6.07, 6.45) is 6.84. The highest BCUT2D eigenvalue weighted by Gasteiger charge is 2.24. The van der Waals surface area contributed by atoms with E-state index in [0.717, 1.165) is 30.6 Å². The van der Waals surface area contributed by atoms with Gasteiger partial charge in [-0.25, -0.2) is 0 Å².